The first-order valence-corrected chi connectivity index (χ1v) is 2.20. The van der Waals surface area contributed by atoms with Gasteiger partial charge in [0.15, 0.2) is 0 Å². The number of ether oxygens (including phenoxy) is 1. The fourth-order valence-electron chi connectivity index (χ4n) is 0.216. The number of rotatable bonds is 2. The number of hydrogen-bond acceptors (Lipinski definition) is 2. The van der Waals surface area contributed by atoms with Crippen molar-refractivity contribution in [3.05, 3.63) is 0 Å². The van der Waals surface area contributed by atoms with Gasteiger partial charge in [-0.05, 0) is 6.42 Å². The van der Waals surface area contributed by atoms with Gasteiger partial charge in [-0.2, -0.15) is 0 Å². The SMILES string of the molecule is [3H]CCCOC(C)=O. The Hall–Kier alpha value is -0.530. The van der Waals surface area contributed by atoms with Gasteiger partial charge in [0.2, 0.25) is 0 Å². The largest absolute Gasteiger partial charge is 0.466 e. The topological polar surface area (TPSA) is 26.3 Å². The number of carbonyl (C=O) groups is 1. The van der Waals surface area contributed by atoms with Crippen LogP contribution in [0.25, 0.3) is 0 Å². The van der Waals surface area contributed by atoms with Gasteiger partial charge in [0.1, 0.15) is 0 Å². The summed E-state index contributed by atoms with van der Waals surface area (Å²) in [5, 5.41) is 0. The summed E-state index contributed by atoms with van der Waals surface area (Å²) in [4.78, 5) is 10.0. The van der Waals surface area contributed by atoms with E-state index in [0.29, 0.717) is 19.9 Å². The summed E-state index contributed by atoms with van der Waals surface area (Å²) in [6.45, 7) is 2.08. The van der Waals surface area contributed by atoms with Gasteiger partial charge in [0.05, 0.1) is 6.61 Å². The third-order valence-electron chi connectivity index (χ3n) is 0.450. The van der Waals surface area contributed by atoms with Crippen molar-refractivity contribution in [3.63, 3.8) is 0 Å². The van der Waals surface area contributed by atoms with Crippen LogP contribution < -0.4 is 0 Å². The van der Waals surface area contributed by atoms with Gasteiger partial charge in [-0.25, -0.2) is 0 Å². The smallest absolute Gasteiger partial charge is 0.302 e. The first-order chi connectivity index (χ1) is 3.77. The van der Waals surface area contributed by atoms with E-state index in [0.717, 1.165) is 0 Å². The van der Waals surface area contributed by atoms with Crippen LogP contribution in [0.5, 0.6) is 0 Å². The average molecular weight is 104 g/mol. The fourth-order valence-corrected chi connectivity index (χ4v) is 0.216. The molecule has 0 radical (unpaired) electrons. The van der Waals surface area contributed by atoms with Crippen molar-refractivity contribution in [2.75, 3.05) is 6.61 Å². The number of carbonyl (C=O) groups excluding carboxylic acids is 1. The molecule has 0 aliphatic carbocycles. The molecule has 0 N–H and O–H groups in total. The molecule has 0 spiro atoms. The maximum absolute atomic E-state index is 10.0. The van der Waals surface area contributed by atoms with Crippen molar-refractivity contribution in [1.82, 2.24) is 0 Å². The number of esters is 1. The summed E-state index contributed by atoms with van der Waals surface area (Å²) >= 11 is 0. The standard InChI is InChI=1S/C5H10O2/c1-3-4-7-5(2)6/h3-4H2,1-2H3/i1T. The lowest BCUT2D eigenvalue weighted by atomic mass is 10.5. The summed E-state index contributed by atoms with van der Waals surface area (Å²) in [5.41, 5.74) is 0. The van der Waals surface area contributed by atoms with Gasteiger partial charge in [0.25, 0.3) is 0 Å². The predicted molar refractivity (Wildman–Crippen MR) is 26.9 cm³/mol. The van der Waals surface area contributed by atoms with Crippen molar-refractivity contribution in [2.24, 2.45) is 0 Å². The zero-order valence-corrected chi connectivity index (χ0v) is 4.44. The van der Waals surface area contributed by atoms with Gasteiger partial charge in [-0.3, -0.25) is 4.79 Å². The van der Waals surface area contributed by atoms with Crippen molar-refractivity contribution in [3.8, 4) is 0 Å². The lowest BCUT2D eigenvalue weighted by molar-refractivity contribution is -0.140. The van der Waals surface area contributed by atoms with Crippen LogP contribution >= 0.6 is 0 Å². The quantitative estimate of drug-likeness (QED) is 0.385. The van der Waals surface area contributed by atoms with Crippen LogP contribution in [0.1, 0.15) is 21.6 Å². The Balaban J connectivity index is 2.82. The van der Waals surface area contributed by atoms with E-state index in [9.17, 15) is 4.79 Å². The predicted octanol–water partition coefficient (Wildman–Crippen LogP) is 0.960. The highest BCUT2D eigenvalue weighted by atomic mass is 16.5. The lowest BCUT2D eigenvalue weighted by Gasteiger charge is -1.93. The first-order valence-electron chi connectivity index (χ1n) is 2.90. The maximum Gasteiger partial charge on any atom is 0.302 e. The molecule has 0 heterocycles. The van der Waals surface area contributed by atoms with Crippen molar-refractivity contribution >= 4 is 5.97 Å². The van der Waals surface area contributed by atoms with Crippen molar-refractivity contribution in [1.29, 1.82) is 0 Å². The Bertz CT molecular complexity index is 72.8. The Kier molecular flexibility index (Phi) is 2.41. The second kappa shape index (κ2) is 3.65. The average Bonchev–Trinajstić information content (AvgIpc) is 1.66. The number of hydrogen-bond donors (Lipinski definition) is 0. The second-order valence-corrected chi connectivity index (χ2v) is 1.19. The zero-order valence-electron chi connectivity index (χ0n) is 5.44. The second-order valence-electron chi connectivity index (χ2n) is 1.19. The molecule has 0 saturated heterocycles. The highest BCUT2D eigenvalue weighted by molar-refractivity contribution is 5.65. The van der Waals surface area contributed by atoms with Crippen LogP contribution in [0, 0.1) is 0 Å². The highest BCUT2D eigenvalue weighted by Crippen LogP contribution is 1.78. The van der Waals surface area contributed by atoms with E-state index in [1.54, 1.807) is 0 Å². The molecule has 0 aromatic rings. The molecule has 0 aliphatic rings. The molecule has 0 aromatic carbocycles. The van der Waals surface area contributed by atoms with E-state index >= 15 is 0 Å². The van der Waals surface area contributed by atoms with Gasteiger partial charge in [-0.1, -0.05) is 6.90 Å². The molecule has 2 nitrogen and oxygen atoms in total. The maximum atomic E-state index is 10.0. The van der Waals surface area contributed by atoms with Crippen LogP contribution in [0.4, 0.5) is 0 Å². The molecular weight excluding hydrogens is 92.1 g/mol. The first kappa shape index (κ1) is 4.62. The molecule has 7 heavy (non-hydrogen) atoms. The normalized spacial score (nSPS) is 10.1. The van der Waals surface area contributed by atoms with Crippen molar-refractivity contribution in [2.45, 2.75) is 20.2 Å². The molecular formula is C5H10O2. The van der Waals surface area contributed by atoms with Crippen LogP contribution in [0.15, 0.2) is 0 Å². The minimum absolute atomic E-state index is 0.265. The Labute approximate surface area is 44.9 Å². The summed E-state index contributed by atoms with van der Waals surface area (Å²) in [6, 6.07) is 0. The van der Waals surface area contributed by atoms with E-state index in [2.05, 4.69) is 4.74 Å². The van der Waals surface area contributed by atoms with Gasteiger partial charge in [0, 0.05) is 8.29 Å². The third kappa shape index (κ3) is 5.47. The summed E-state index contributed by atoms with van der Waals surface area (Å²) in [7, 11) is 0. The van der Waals surface area contributed by atoms with E-state index in [1.807, 2.05) is 0 Å². The zero-order chi connectivity index (χ0) is 6.41. The molecule has 2 heteroatoms. The van der Waals surface area contributed by atoms with Crippen LogP contribution in [-0.2, 0) is 9.53 Å². The molecule has 0 aliphatic heterocycles. The van der Waals surface area contributed by atoms with E-state index < -0.39 is 0 Å². The van der Waals surface area contributed by atoms with E-state index in [-0.39, 0.29) is 5.97 Å². The molecule has 0 aromatic heterocycles. The molecule has 0 unspecified atom stereocenters. The van der Waals surface area contributed by atoms with Crippen molar-refractivity contribution < 1.29 is 10.9 Å². The van der Waals surface area contributed by atoms with Crippen LogP contribution in [-0.4, -0.2) is 12.6 Å². The van der Waals surface area contributed by atoms with Crippen LogP contribution in [0.3, 0.4) is 0 Å². The Morgan fingerprint density at radius 1 is 2.00 bits per heavy atom. The minimum atomic E-state index is -0.265. The van der Waals surface area contributed by atoms with Gasteiger partial charge < -0.3 is 4.74 Å². The Morgan fingerprint density at radius 2 is 2.71 bits per heavy atom. The molecule has 0 saturated carbocycles. The Morgan fingerprint density at radius 3 is 3.14 bits per heavy atom. The molecule has 0 atom stereocenters. The van der Waals surface area contributed by atoms with E-state index in [1.165, 1.54) is 6.92 Å². The highest BCUT2D eigenvalue weighted by Gasteiger charge is 1.85. The molecule has 0 fully saturated rings. The monoisotopic (exact) mass is 104 g/mol. The van der Waals surface area contributed by atoms with Gasteiger partial charge in [-0.15, -0.1) is 0 Å². The fraction of sp³-hybridized carbons (Fsp3) is 0.800. The third-order valence-corrected chi connectivity index (χ3v) is 0.450. The molecule has 42 valence electrons. The molecule has 0 amide bonds. The summed E-state index contributed by atoms with van der Waals surface area (Å²) < 4.78 is 11.2. The molecule has 0 rings (SSSR count). The van der Waals surface area contributed by atoms with Gasteiger partial charge >= 0.3 is 5.97 Å². The lowest BCUT2D eigenvalue weighted by Crippen LogP contribution is -1.98. The molecule has 0 bridgehead atoms. The van der Waals surface area contributed by atoms with E-state index in [4.69, 9.17) is 1.37 Å². The minimum Gasteiger partial charge on any atom is -0.466 e. The summed E-state index contributed by atoms with van der Waals surface area (Å²) in [5.74, 6) is -0.265. The van der Waals surface area contributed by atoms with Crippen LogP contribution in [0.2, 0.25) is 0 Å². The summed E-state index contributed by atoms with van der Waals surface area (Å²) in [6.07, 6.45) is 0.638.